The van der Waals surface area contributed by atoms with E-state index in [2.05, 4.69) is 26.1 Å². The second-order valence-corrected chi connectivity index (χ2v) is 5.45. The number of hydrogen-bond acceptors (Lipinski definition) is 6. The minimum atomic E-state index is -0.293. The Hall–Kier alpha value is -1.80. The van der Waals surface area contributed by atoms with Crippen LogP contribution >= 0.6 is 11.3 Å². The third-order valence-corrected chi connectivity index (χ3v) is 4.00. The number of thiazole rings is 1. The summed E-state index contributed by atoms with van der Waals surface area (Å²) in [5, 5.41) is 10.4. The van der Waals surface area contributed by atoms with E-state index in [0.29, 0.717) is 23.7 Å². The number of carbonyl (C=O) groups excluding carboxylic acids is 2. The first-order valence-corrected chi connectivity index (χ1v) is 6.90. The molecule has 0 spiro atoms. The molecule has 0 aromatic carbocycles. The molecule has 0 fully saturated rings. The van der Waals surface area contributed by atoms with Crippen molar-refractivity contribution >= 4 is 34.0 Å². The molecule has 1 aromatic heterocycles. The van der Waals surface area contributed by atoms with E-state index in [0.717, 1.165) is 25.2 Å². The molecule has 0 atom stereocenters. The number of carbonyl (C=O) groups is 2. The highest BCUT2D eigenvalue weighted by molar-refractivity contribution is 7.16. The van der Waals surface area contributed by atoms with E-state index < -0.39 is 0 Å². The van der Waals surface area contributed by atoms with Gasteiger partial charge < -0.3 is 5.32 Å². The number of nitrogens with zero attached hydrogens (tertiary/aromatic N) is 2. The smallest absolute Gasteiger partial charge is 0.273 e. The molecule has 0 radical (unpaired) electrons. The van der Waals surface area contributed by atoms with Crippen LogP contribution in [0.4, 0.5) is 5.13 Å². The number of anilines is 1. The number of amides is 2. The molecule has 2 aliphatic heterocycles. The summed E-state index contributed by atoms with van der Waals surface area (Å²) >= 11 is 1.48. The van der Waals surface area contributed by atoms with Crippen LogP contribution in [-0.2, 0) is 22.6 Å². The van der Waals surface area contributed by atoms with Crippen LogP contribution in [-0.4, -0.2) is 29.1 Å². The van der Waals surface area contributed by atoms with E-state index in [9.17, 15) is 9.59 Å². The van der Waals surface area contributed by atoms with Gasteiger partial charge in [0, 0.05) is 37.2 Å². The van der Waals surface area contributed by atoms with Crippen LogP contribution in [0.2, 0.25) is 0 Å². The van der Waals surface area contributed by atoms with Crippen molar-refractivity contribution in [2.75, 3.05) is 11.9 Å². The summed E-state index contributed by atoms with van der Waals surface area (Å²) in [6.45, 7) is 1.72. The van der Waals surface area contributed by atoms with Gasteiger partial charge in [-0.05, 0) is 0 Å². The number of aromatic nitrogens is 1. The molecule has 0 bridgehead atoms. The van der Waals surface area contributed by atoms with Gasteiger partial charge in [0.1, 0.15) is 5.71 Å². The Bertz CT molecular complexity index is 542. The summed E-state index contributed by atoms with van der Waals surface area (Å²) in [7, 11) is 0. The van der Waals surface area contributed by atoms with Gasteiger partial charge >= 0.3 is 0 Å². The SMILES string of the molecule is O=C1CCC(C(=O)Nc2nc3c(s2)CNCC3)=NN1. The van der Waals surface area contributed by atoms with Crippen molar-refractivity contribution in [1.29, 1.82) is 0 Å². The lowest BCUT2D eigenvalue weighted by atomic mass is 10.2. The van der Waals surface area contributed by atoms with Crippen molar-refractivity contribution in [3.63, 3.8) is 0 Å². The highest BCUT2D eigenvalue weighted by Crippen LogP contribution is 2.25. The molecule has 0 unspecified atom stereocenters. The lowest BCUT2D eigenvalue weighted by Gasteiger charge is -2.10. The molecule has 7 nitrogen and oxygen atoms in total. The number of fused-ring (bicyclic) bond motifs is 1. The van der Waals surface area contributed by atoms with Gasteiger partial charge in [0.05, 0.1) is 5.69 Å². The fraction of sp³-hybridized carbons (Fsp3) is 0.455. The summed E-state index contributed by atoms with van der Waals surface area (Å²) in [6.07, 6.45) is 1.55. The molecule has 0 saturated heterocycles. The fourth-order valence-corrected chi connectivity index (χ4v) is 2.96. The maximum absolute atomic E-state index is 11.9. The van der Waals surface area contributed by atoms with Gasteiger partial charge in [0.2, 0.25) is 5.91 Å². The Balaban J connectivity index is 1.69. The second kappa shape index (κ2) is 5.06. The lowest BCUT2D eigenvalue weighted by Crippen LogP contribution is -2.32. The summed E-state index contributed by atoms with van der Waals surface area (Å²) in [5.74, 6) is -0.452. The number of rotatable bonds is 2. The number of hydrogen-bond donors (Lipinski definition) is 3. The van der Waals surface area contributed by atoms with E-state index in [1.165, 1.54) is 16.2 Å². The van der Waals surface area contributed by atoms with Crippen LogP contribution in [0.15, 0.2) is 5.10 Å². The maximum atomic E-state index is 11.9. The average Bonchev–Trinajstić information content (AvgIpc) is 2.81. The van der Waals surface area contributed by atoms with E-state index in [1.54, 1.807) is 0 Å². The maximum Gasteiger partial charge on any atom is 0.273 e. The third-order valence-electron chi connectivity index (χ3n) is 2.99. The van der Waals surface area contributed by atoms with Crippen LogP contribution in [0.1, 0.15) is 23.4 Å². The Labute approximate surface area is 113 Å². The minimum Gasteiger partial charge on any atom is -0.311 e. The van der Waals surface area contributed by atoms with Crippen LogP contribution in [0, 0.1) is 0 Å². The number of nitrogens with one attached hydrogen (secondary N) is 3. The summed E-state index contributed by atoms with van der Waals surface area (Å²) in [4.78, 5) is 28.5. The van der Waals surface area contributed by atoms with Crippen molar-refractivity contribution in [1.82, 2.24) is 15.7 Å². The molecule has 0 saturated carbocycles. The van der Waals surface area contributed by atoms with Gasteiger partial charge in [0.25, 0.3) is 5.91 Å². The summed E-state index contributed by atoms with van der Waals surface area (Å²) in [5.41, 5.74) is 3.70. The Morgan fingerprint density at radius 1 is 1.32 bits per heavy atom. The molecule has 19 heavy (non-hydrogen) atoms. The van der Waals surface area contributed by atoms with Gasteiger partial charge in [-0.1, -0.05) is 0 Å². The highest BCUT2D eigenvalue weighted by atomic mass is 32.1. The summed E-state index contributed by atoms with van der Waals surface area (Å²) in [6, 6.07) is 0. The van der Waals surface area contributed by atoms with E-state index in [4.69, 9.17) is 0 Å². The fourth-order valence-electron chi connectivity index (χ4n) is 1.99. The molecule has 8 heteroatoms. The molecular weight excluding hydrogens is 266 g/mol. The molecule has 1 aromatic rings. The molecule has 0 aliphatic carbocycles. The van der Waals surface area contributed by atoms with Crippen LogP contribution in [0.25, 0.3) is 0 Å². The van der Waals surface area contributed by atoms with Gasteiger partial charge in [-0.15, -0.1) is 11.3 Å². The Morgan fingerprint density at radius 2 is 2.21 bits per heavy atom. The van der Waals surface area contributed by atoms with Crippen LogP contribution in [0.5, 0.6) is 0 Å². The highest BCUT2D eigenvalue weighted by Gasteiger charge is 2.21. The molecule has 3 rings (SSSR count). The quantitative estimate of drug-likeness (QED) is 0.709. The Kier molecular flexibility index (Phi) is 3.26. The summed E-state index contributed by atoms with van der Waals surface area (Å²) < 4.78 is 0. The second-order valence-electron chi connectivity index (χ2n) is 4.36. The van der Waals surface area contributed by atoms with Gasteiger partial charge in [0.15, 0.2) is 5.13 Å². The molecule has 3 N–H and O–H groups in total. The van der Waals surface area contributed by atoms with Gasteiger partial charge in [-0.3, -0.25) is 14.9 Å². The zero-order chi connectivity index (χ0) is 13.2. The first-order chi connectivity index (χ1) is 9.22. The lowest BCUT2D eigenvalue weighted by molar-refractivity contribution is -0.121. The molecule has 2 aliphatic rings. The first kappa shape index (κ1) is 12.2. The van der Waals surface area contributed by atoms with E-state index >= 15 is 0 Å². The normalized spacial score (nSPS) is 18.3. The van der Waals surface area contributed by atoms with Crippen molar-refractivity contribution in [2.24, 2.45) is 5.10 Å². The van der Waals surface area contributed by atoms with Gasteiger partial charge in [-0.2, -0.15) is 5.10 Å². The topological polar surface area (TPSA) is 95.5 Å². The average molecular weight is 279 g/mol. The third kappa shape index (κ3) is 2.64. The van der Waals surface area contributed by atoms with Crippen LogP contribution < -0.4 is 16.1 Å². The molecule has 100 valence electrons. The van der Waals surface area contributed by atoms with Crippen molar-refractivity contribution in [3.05, 3.63) is 10.6 Å². The molecular formula is C11H13N5O2S. The zero-order valence-electron chi connectivity index (χ0n) is 10.2. The first-order valence-electron chi connectivity index (χ1n) is 6.08. The Morgan fingerprint density at radius 3 is 2.95 bits per heavy atom. The van der Waals surface area contributed by atoms with E-state index in [1.807, 2.05) is 0 Å². The largest absolute Gasteiger partial charge is 0.311 e. The van der Waals surface area contributed by atoms with Crippen LogP contribution in [0.3, 0.4) is 0 Å². The van der Waals surface area contributed by atoms with E-state index in [-0.39, 0.29) is 11.8 Å². The predicted molar refractivity (Wildman–Crippen MR) is 71.0 cm³/mol. The molecule has 2 amide bonds. The standard InChI is InChI=1S/C11H13N5O2S/c17-9-2-1-7(15-16-9)10(18)14-11-13-6-3-4-12-5-8(6)19-11/h12H,1-5H2,(H,16,17)(H,13,14,18). The van der Waals surface area contributed by atoms with Crippen molar-refractivity contribution in [2.45, 2.75) is 25.8 Å². The number of hydrazone groups is 1. The van der Waals surface area contributed by atoms with Crippen molar-refractivity contribution < 1.29 is 9.59 Å². The zero-order valence-corrected chi connectivity index (χ0v) is 11.0. The minimum absolute atomic E-state index is 0.160. The van der Waals surface area contributed by atoms with Crippen molar-refractivity contribution in [3.8, 4) is 0 Å². The molecule has 3 heterocycles. The van der Waals surface area contributed by atoms with Gasteiger partial charge in [-0.25, -0.2) is 10.4 Å². The predicted octanol–water partition coefficient (Wildman–Crippen LogP) is -0.00670. The monoisotopic (exact) mass is 279 g/mol.